The van der Waals surface area contributed by atoms with Gasteiger partial charge in [0.05, 0.1) is 93.1 Å². The smallest absolute Gasteiger partial charge is 0.161 e. The molecule has 23 heteroatoms. The molecule has 0 spiro atoms. The largest absolute Gasteiger partial charge is 0.494 e. The highest BCUT2D eigenvalue weighted by Gasteiger charge is 2.16. The van der Waals surface area contributed by atoms with Crippen molar-refractivity contribution in [3.8, 4) is 74.9 Å². The highest BCUT2D eigenvalue weighted by atomic mass is 19.1. The Morgan fingerprint density at radius 2 is 0.604 bits per heavy atom. The molecule has 12 heterocycles. The maximum absolute atomic E-state index is 13.6. The minimum atomic E-state index is -0.372. The van der Waals surface area contributed by atoms with Crippen LogP contribution < -0.4 is 4.74 Å². The number of ether oxygens (including phenoxy) is 1. The van der Waals surface area contributed by atoms with Gasteiger partial charge in [0.2, 0.25) is 0 Å². The van der Waals surface area contributed by atoms with E-state index in [1.54, 1.807) is 50.4 Å². The fraction of sp³-hybridized carbons (Fsp3) is 0.133. The summed E-state index contributed by atoms with van der Waals surface area (Å²) in [6.45, 7) is 14.4. The number of pyridine rings is 6. The van der Waals surface area contributed by atoms with Gasteiger partial charge in [0.25, 0.3) is 0 Å². The number of nitrogens with one attached hydrogen (secondary N) is 6. The van der Waals surface area contributed by atoms with Gasteiger partial charge in [-0.05, 0) is 231 Å². The summed E-state index contributed by atoms with van der Waals surface area (Å²) in [5.74, 6) is 4.60. The van der Waals surface area contributed by atoms with Crippen molar-refractivity contribution in [3.63, 3.8) is 0 Å². The number of benzene rings is 6. The monoisotopic (exact) mass is 1410 g/mol. The quantitative estimate of drug-likeness (QED) is 0.0614. The Morgan fingerprint density at radius 3 is 0.962 bits per heavy atom. The molecule has 18 aromatic rings. The van der Waals surface area contributed by atoms with E-state index in [9.17, 15) is 4.39 Å². The van der Waals surface area contributed by atoms with Crippen LogP contribution >= 0.6 is 0 Å². The summed E-state index contributed by atoms with van der Waals surface area (Å²) in [6.07, 6.45) is 10.4. The number of methoxy groups -OCH3 is 1. The number of H-pyrrole nitrogens is 6. The number of aromatic amines is 6. The van der Waals surface area contributed by atoms with Crippen molar-refractivity contribution in [2.24, 2.45) is 0 Å². The minimum absolute atomic E-state index is 0.0111. The van der Waals surface area contributed by atoms with Gasteiger partial charge in [-0.25, -0.2) is 44.3 Å². The van der Waals surface area contributed by atoms with Gasteiger partial charge in [-0.2, -0.15) is 0 Å². The third-order valence-electron chi connectivity index (χ3n) is 17.2. The first-order chi connectivity index (χ1) is 51.6. The van der Waals surface area contributed by atoms with Crippen molar-refractivity contribution in [3.05, 3.63) is 281 Å². The molecule has 0 saturated heterocycles. The van der Waals surface area contributed by atoms with Crippen molar-refractivity contribution in [2.45, 2.75) is 68.3 Å². The number of aryl methyl sites for hydroxylation is 7. The topological polar surface area (TPSA) is 319 Å². The molecule has 0 bridgehead atoms. The van der Waals surface area contributed by atoms with Crippen LogP contribution in [0.15, 0.2) is 219 Å². The molecular formula is C83H75FN18O4. The predicted molar refractivity (Wildman–Crippen MR) is 413 cm³/mol. The maximum Gasteiger partial charge on any atom is 0.161 e. The lowest BCUT2D eigenvalue weighted by atomic mass is 10.2. The van der Waals surface area contributed by atoms with Crippen LogP contribution in [0.4, 0.5) is 4.39 Å². The van der Waals surface area contributed by atoms with E-state index in [1.165, 1.54) is 17.2 Å². The van der Waals surface area contributed by atoms with Crippen LogP contribution in [0.25, 0.3) is 135 Å². The van der Waals surface area contributed by atoms with E-state index < -0.39 is 0 Å². The molecule has 528 valence electrons. The average molecular weight is 1410 g/mol. The minimum Gasteiger partial charge on any atom is -0.494 e. The van der Waals surface area contributed by atoms with E-state index in [4.69, 9.17) is 20.1 Å². The molecule has 18 rings (SSSR count). The van der Waals surface area contributed by atoms with Crippen LogP contribution in [0.1, 0.15) is 55.6 Å². The van der Waals surface area contributed by atoms with Crippen molar-refractivity contribution < 1.29 is 24.4 Å². The Bertz CT molecular complexity index is 5800. The summed E-state index contributed by atoms with van der Waals surface area (Å²) >= 11 is 0. The van der Waals surface area contributed by atoms with Crippen LogP contribution in [0.3, 0.4) is 0 Å². The molecule has 0 aliphatic heterocycles. The van der Waals surface area contributed by atoms with E-state index >= 15 is 0 Å². The number of aliphatic hydroxyl groups is 3. The maximum atomic E-state index is 13.6. The molecule has 0 saturated carbocycles. The first kappa shape index (κ1) is 71.1. The normalized spacial score (nSPS) is 10.9. The summed E-state index contributed by atoms with van der Waals surface area (Å²) in [6, 6.07) is 57.6. The number of halogens is 1. The van der Waals surface area contributed by atoms with Gasteiger partial charge in [-0.3, -0.25) is 19.9 Å². The fourth-order valence-electron chi connectivity index (χ4n) is 11.7. The number of rotatable bonds is 10. The van der Waals surface area contributed by atoms with E-state index in [2.05, 4.69) is 128 Å². The first-order valence-electron chi connectivity index (χ1n) is 34.0. The predicted octanol–water partition coefficient (Wildman–Crippen LogP) is 16.5. The summed E-state index contributed by atoms with van der Waals surface area (Å²) in [4.78, 5) is 72.0. The second-order valence-corrected chi connectivity index (χ2v) is 25.2. The Morgan fingerprint density at radius 1 is 0.302 bits per heavy atom. The number of hydrogen-bond acceptors (Lipinski definition) is 16. The zero-order valence-electron chi connectivity index (χ0n) is 59.4. The highest BCUT2D eigenvalue weighted by Crippen LogP contribution is 2.30. The molecule has 106 heavy (non-hydrogen) atoms. The summed E-state index contributed by atoms with van der Waals surface area (Å²) in [7, 11) is 1.60. The molecule has 22 nitrogen and oxygen atoms in total. The highest BCUT2D eigenvalue weighted by molar-refractivity contribution is 5.84. The number of nitrogens with zero attached hydrogens (tertiary/aromatic N) is 12. The van der Waals surface area contributed by atoms with Crippen molar-refractivity contribution in [1.82, 2.24) is 89.7 Å². The molecule has 0 amide bonds. The van der Waals surface area contributed by atoms with E-state index in [-0.39, 0.29) is 31.3 Å². The lowest BCUT2D eigenvalue weighted by molar-refractivity contribution is 0.282. The molecule has 9 N–H and O–H groups in total. The third kappa shape index (κ3) is 16.6. The molecule has 0 aliphatic carbocycles. The van der Waals surface area contributed by atoms with Crippen molar-refractivity contribution in [1.29, 1.82) is 0 Å². The molecule has 0 radical (unpaired) electrons. The first-order valence-corrected chi connectivity index (χ1v) is 34.0. The Hall–Kier alpha value is -13.4. The summed E-state index contributed by atoms with van der Waals surface area (Å²) < 4.78 is 18.8. The molecule has 0 fully saturated rings. The number of fused-ring (bicyclic) bond motifs is 6. The summed E-state index contributed by atoms with van der Waals surface area (Å²) in [5, 5.41) is 27.4. The molecule has 6 aromatic carbocycles. The van der Waals surface area contributed by atoms with Crippen molar-refractivity contribution >= 4 is 66.2 Å². The number of aliphatic hydroxyl groups excluding tert-OH is 3. The van der Waals surface area contributed by atoms with Gasteiger partial charge in [0.1, 0.15) is 39.9 Å². The van der Waals surface area contributed by atoms with Crippen LogP contribution in [-0.4, -0.2) is 112 Å². The molecule has 0 atom stereocenters. The zero-order chi connectivity index (χ0) is 73.8. The van der Waals surface area contributed by atoms with Gasteiger partial charge in [0, 0.05) is 37.2 Å². The average Bonchev–Trinajstić information content (AvgIpc) is 2.24. The number of hydrogen-bond donors (Lipinski definition) is 9. The van der Waals surface area contributed by atoms with E-state index in [0.717, 1.165) is 157 Å². The van der Waals surface area contributed by atoms with Gasteiger partial charge < -0.3 is 50.0 Å². The second-order valence-electron chi connectivity index (χ2n) is 25.2. The van der Waals surface area contributed by atoms with Gasteiger partial charge in [-0.1, -0.05) is 54.6 Å². The lowest BCUT2D eigenvalue weighted by Crippen LogP contribution is -1.91. The fourth-order valence-corrected chi connectivity index (χ4v) is 11.7. The Labute approximate surface area is 608 Å². The Kier molecular flexibility index (Phi) is 21.7. The SMILES string of the molecule is COc1cccnc1-c1nc2ccc(CO)cc2[nH]1.Cc1ccc2nc(-c3ncccc3C)[nH]c2c1.Cc1ccc2nc(-c3ncccc3C)[nH]c2c1.Cc1ccc2nc(-c3ncccc3F)[nH]c2c1.Cc1cccnc1-c1nc2ccc(CO)cc2[nH]1.Cc1ccnc(-c2nc3ccc(CO)cc3[nH]2)c1. The van der Waals surface area contributed by atoms with Crippen LogP contribution in [0.5, 0.6) is 5.75 Å². The molecule has 0 aliphatic rings. The molecule has 0 unspecified atom stereocenters. The molecule has 12 aromatic heterocycles. The molecular weight excluding hydrogens is 1330 g/mol. The van der Waals surface area contributed by atoms with Gasteiger partial charge >= 0.3 is 0 Å². The van der Waals surface area contributed by atoms with Crippen molar-refractivity contribution in [2.75, 3.05) is 7.11 Å². The number of imidazole rings is 6. The lowest BCUT2D eigenvalue weighted by Gasteiger charge is -2.03. The zero-order valence-corrected chi connectivity index (χ0v) is 59.4. The van der Waals surface area contributed by atoms with Crippen LogP contribution in [0.2, 0.25) is 0 Å². The number of aromatic nitrogens is 18. The second kappa shape index (κ2) is 32.3. The standard InChI is InChI=1S/C14H13N3O2.2C14H13N3O.2C14H13N3.C13H10FN3/c1-19-12-3-2-6-15-13(12)14-16-10-5-4-9(8-18)7-11(10)17-14;1-9-4-5-15-13(6-9)14-16-11-3-2-10(8-18)7-12(11)17-14;1-9-3-2-6-15-13(9)14-16-11-5-4-10(8-18)7-12(11)17-14;2*1-9-5-6-11-12(8-9)17-14(16-11)13-10(2)4-3-7-15-13;1-8-4-5-10-11(7-8)17-13(16-10)12-9(14)3-2-6-15-12/h2-7,18H,8H2,1H3,(H,16,17);2*2-7,18H,8H2,1H3,(H,16,17);2*3-8H,1-2H3,(H,16,17);2-7H,1H3,(H,16,17). The van der Waals surface area contributed by atoms with Crippen LogP contribution in [-0.2, 0) is 19.8 Å². The Balaban J connectivity index is 0.000000113. The van der Waals surface area contributed by atoms with Crippen LogP contribution in [0, 0.1) is 54.3 Å². The van der Waals surface area contributed by atoms with E-state index in [1.807, 2.05) is 180 Å². The third-order valence-corrected chi connectivity index (χ3v) is 17.2. The van der Waals surface area contributed by atoms with Gasteiger partial charge in [0.15, 0.2) is 40.8 Å². The summed E-state index contributed by atoms with van der Waals surface area (Å²) in [5.41, 5.74) is 26.2. The van der Waals surface area contributed by atoms with E-state index in [0.29, 0.717) is 23.1 Å². The van der Waals surface area contributed by atoms with Gasteiger partial charge in [-0.15, -0.1) is 0 Å².